The van der Waals surface area contributed by atoms with E-state index in [0.717, 1.165) is 17.7 Å². The van der Waals surface area contributed by atoms with Crippen LogP contribution in [0.1, 0.15) is 48.9 Å². The number of hydrogen-bond acceptors (Lipinski definition) is 7. The number of benzene rings is 2. The third kappa shape index (κ3) is 5.62. The van der Waals surface area contributed by atoms with E-state index < -0.39 is 5.97 Å². The summed E-state index contributed by atoms with van der Waals surface area (Å²) < 4.78 is 17.1. The Hall–Kier alpha value is -3.59. The monoisotopic (exact) mass is 522 g/mol. The molecule has 1 N–H and O–H groups in total. The number of carbonyl (C=O) groups excluding carboxylic acids is 2. The number of carboxylic acids is 1. The quantitative estimate of drug-likeness (QED) is 0.423. The first-order valence-corrected chi connectivity index (χ1v) is 13.2. The van der Waals surface area contributed by atoms with Crippen LogP contribution >= 0.6 is 0 Å². The van der Waals surface area contributed by atoms with E-state index in [2.05, 4.69) is 24.0 Å². The van der Waals surface area contributed by atoms with Crippen LogP contribution in [-0.4, -0.2) is 66.1 Å². The van der Waals surface area contributed by atoms with Gasteiger partial charge in [-0.2, -0.15) is 0 Å². The molecular formula is C29H34N2O7. The van der Waals surface area contributed by atoms with Crippen LogP contribution in [0.2, 0.25) is 0 Å². The van der Waals surface area contributed by atoms with Crippen LogP contribution < -0.4 is 14.2 Å². The molecule has 9 heteroatoms. The standard InChI is InChI=1S/C29H34N2O7/c1-18(20-4-6-24-21(14-20)9-11-37-24)30(17-22-15-23(22)29(34)35)16-19-3-5-25(26(13-19)36-2)38-12-10-31-27(32)7-8-28(31)33/h3-6,13-14,18,22-23H,7-12,15-17H2,1-2H3,(H,34,35)/t18?,22-,23?/m0/s1. The van der Waals surface area contributed by atoms with Crippen molar-refractivity contribution in [3.8, 4) is 17.2 Å². The summed E-state index contributed by atoms with van der Waals surface area (Å²) in [5.41, 5.74) is 3.41. The number of amides is 2. The van der Waals surface area contributed by atoms with Crippen molar-refractivity contribution in [2.75, 3.05) is 33.4 Å². The Balaban J connectivity index is 1.29. The van der Waals surface area contributed by atoms with E-state index in [1.54, 1.807) is 7.11 Å². The van der Waals surface area contributed by atoms with Gasteiger partial charge in [-0.05, 0) is 54.2 Å². The van der Waals surface area contributed by atoms with Crippen LogP contribution in [0.15, 0.2) is 36.4 Å². The Labute approximate surface area is 222 Å². The van der Waals surface area contributed by atoms with Crippen molar-refractivity contribution in [1.29, 1.82) is 0 Å². The zero-order valence-electron chi connectivity index (χ0n) is 21.9. The van der Waals surface area contributed by atoms with Gasteiger partial charge in [0.05, 0.1) is 26.2 Å². The van der Waals surface area contributed by atoms with Gasteiger partial charge in [-0.3, -0.25) is 24.2 Å². The molecule has 38 heavy (non-hydrogen) atoms. The summed E-state index contributed by atoms with van der Waals surface area (Å²) >= 11 is 0. The molecule has 1 aliphatic carbocycles. The second-order valence-electron chi connectivity index (χ2n) is 10.3. The van der Waals surface area contributed by atoms with E-state index in [1.165, 1.54) is 16.0 Å². The number of carboxylic acid groups (broad SMARTS) is 1. The number of methoxy groups -OCH3 is 1. The molecular weight excluding hydrogens is 488 g/mol. The van der Waals surface area contributed by atoms with Crippen LogP contribution in [0.3, 0.4) is 0 Å². The van der Waals surface area contributed by atoms with Gasteiger partial charge in [-0.15, -0.1) is 0 Å². The van der Waals surface area contributed by atoms with Gasteiger partial charge in [0.25, 0.3) is 0 Å². The number of ether oxygens (including phenoxy) is 3. The number of likely N-dealkylation sites (tertiary alicyclic amines) is 1. The van der Waals surface area contributed by atoms with E-state index in [9.17, 15) is 19.5 Å². The largest absolute Gasteiger partial charge is 0.493 e. The predicted octanol–water partition coefficient (Wildman–Crippen LogP) is 3.44. The number of aliphatic carboxylic acids is 1. The highest BCUT2D eigenvalue weighted by Gasteiger charge is 2.44. The lowest BCUT2D eigenvalue weighted by atomic mass is 10.0. The fraction of sp³-hybridized carbons (Fsp3) is 0.483. The maximum atomic E-state index is 11.8. The van der Waals surface area contributed by atoms with Gasteiger partial charge >= 0.3 is 5.97 Å². The van der Waals surface area contributed by atoms with Gasteiger partial charge in [-0.25, -0.2) is 0 Å². The minimum Gasteiger partial charge on any atom is -0.493 e. The van der Waals surface area contributed by atoms with Gasteiger partial charge in [0.1, 0.15) is 12.4 Å². The molecule has 2 fully saturated rings. The molecule has 3 aliphatic rings. The number of imide groups is 1. The maximum absolute atomic E-state index is 11.8. The van der Waals surface area contributed by atoms with E-state index in [0.29, 0.717) is 37.6 Å². The number of rotatable bonds is 12. The lowest BCUT2D eigenvalue weighted by Gasteiger charge is -2.30. The molecule has 0 radical (unpaired) electrons. The van der Waals surface area contributed by atoms with Gasteiger partial charge in [0, 0.05) is 38.4 Å². The molecule has 2 unspecified atom stereocenters. The van der Waals surface area contributed by atoms with Crippen LogP contribution in [0.25, 0.3) is 0 Å². The van der Waals surface area contributed by atoms with E-state index in [4.69, 9.17) is 14.2 Å². The number of carbonyl (C=O) groups is 3. The molecule has 0 spiro atoms. The molecule has 5 rings (SSSR count). The van der Waals surface area contributed by atoms with Crippen molar-refractivity contribution in [2.45, 2.75) is 45.2 Å². The molecule has 3 atom stereocenters. The zero-order valence-corrected chi connectivity index (χ0v) is 21.9. The number of hydrogen-bond donors (Lipinski definition) is 1. The number of nitrogens with zero attached hydrogens (tertiary/aromatic N) is 2. The molecule has 1 saturated heterocycles. The highest BCUT2D eigenvalue weighted by atomic mass is 16.5. The van der Waals surface area contributed by atoms with Crippen molar-refractivity contribution < 1.29 is 33.7 Å². The van der Waals surface area contributed by atoms with Crippen LogP contribution in [0.5, 0.6) is 17.2 Å². The Morgan fingerprint density at radius 3 is 2.63 bits per heavy atom. The van der Waals surface area contributed by atoms with E-state index in [1.807, 2.05) is 24.3 Å². The van der Waals surface area contributed by atoms with Crippen molar-refractivity contribution in [3.63, 3.8) is 0 Å². The van der Waals surface area contributed by atoms with Gasteiger partial charge < -0.3 is 19.3 Å². The summed E-state index contributed by atoms with van der Waals surface area (Å²) in [7, 11) is 1.58. The summed E-state index contributed by atoms with van der Waals surface area (Å²) in [5.74, 6) is 0.863. The first kappa shape index (κ1) is 26.0. The smallest absolute Gasteiger partial charge is 0.306 e. The first-order chi connectivity index (χ1) is 18.3. The lowest BCUT2D eigenvalue weighted by molar-refractivity contribution is -0.140. The average molecular weight is 523 g/mol. The Morgan fingerprint density at radius 1 is 1.13 bits per heavy atom. The molecule has 2 aromatic rings. The molecule has 2 aromatic carbocycles. The summed E-state index contributed by atoms with van der Waals surface area (Å²) in [5, 5.41) is 9.45. The third-order valence-corrected chi connectivity index (χ3v) is 7.79. The second-order valence-corrected chi connectivity index (χ2v) is 10.3. The molecule has 9 nitrogen and oxygen atoms in total. The second kappa shape index (κ2) is 11.0. The maximum Gasteiger partial charge on any atom is 0.306 e. The fourth-order valence-electron chi connectivity index (χ4n) is 5.37. The molecule has 1 saturated carbocycles. The van der Waals surface area contributed by atoms with Crippen LogP contribution in [-0.2, 0) is 27.3 Å². The van der Waals surface area contributed by atoms with Crippen molar-refractivity contribution >= 4 is 17.8 Å². The highest BCUT2D eigenvalue weighted by molar-refractivity contribution is 6.01. The van der Waals surface area contributed by atoms with E-state index >= 15 is 0 Å². The van der Waals surface area contributed by atoms with Crippen molar-refractivity contribution in [2.24, 2.45) is 11.8 Å². The molecule has 0 aromatic heterocycles. The minimum absolute atomic E-state index is 0.0772. The summed E-state index contributed by atoms with van der Waals surface area (Å²) in [6, 6.07) is 12.2. The molecule has 0 bridgehead atoms. The Morgan fingerprint density at radius 2 is 1.92 bits per heavy atom. The van der Waals surface area contributed by atoms with E-state index in [-0.39, 0.29) is 55.7 Å². The topological polar surface area (TPSA) is 106 Å². The van der Waals surface area contributed by atoms with Crippen molar-refractivity contribution in [1.82, 2.24) is 9.80 Å². The van der Waals surface area contributed by atoms with Gasteiger partial charge in [0.2, 0.25) is 11.8 Å². The molecule has 2 heterocycles. The molecule has 2 aliphatic heterocycles. The molecule has 202 valence electrons. The predicted molar refractivity (Wildman–Crippen MR) is 138 cm³/mol. The van der Waals surface area contributed by atoms with Crippen molar-refractivity contribution in [3.05, 3.63) is 53.1 Å². The minimum atomic E-state index is -0.724. The molecule has 2 amide bonds. The Bertz CT molecular complexity index is 1210. The zero-order chi connectivity index (χ0) is 26.8. The first-order valence-electron chi connectivity index (χ1n) is 13.2. The SMILES string of the molecule is COc1cc(CN(C[C@@H]2CC2C(=O)O)C(C)c2ccc3c(c2)CCO3)ccc1OCCN1C(=O)CCC1=O. The highest BCUT2D eigenvalue weighted by Crippen LogP contribution is 2.41. The average Bonchev–Trinajstić information content (AvgIpc) is 3.41. The Kier molecular flexibility index (Phi) is 7.56. The van der Waals surface area contributed by atoms with Gasteiger partial charge in [-0.1, -0.05) is 18.2 Å². The number of fused-ring (bicyclic) bond motifs is 1. The van der Waals surface area contributed by atoms with Crippen LogP contribution in [0.4, 0.5) is 0 Å². The lowest BCUT2D eigenvalue weighted by Crippen LogP contribution is -2.33. The summed E-state index contributed by atoms with van der Waals surface area (Å²) in [6.45, 7) is 4.57. The summed E-state index contributed by atoms with van der Waals surface area (Å²) in [4.78, 5) is 38.7. The third-order valence-electron chi connectivity index (χ3n) is 7.79. The summed E-state index contributed by atoms with van der Waals surface area (Å²) in [6.07, 6.45) is 2.13. The fourth-order valence-corrected chi connectivity index (χ4v) is 5.37. The normalized spacial score (nSPS) is 20.9. The van der Waals surface area contributed by atoms with Gasteiger partial charge in [0.15, 0.2) is 11.5 Å². The van der Waals surface area contributed by atoms with Crippen LogP contribution in [0, 0.1) is 11.8 Å².